The number of amides is 1. The van der Waals surface area contributed by atoms with Gasteiger partial charge in [0.1, 0.15) is 0 Å². The van der Waals surface area contributed by atoms with Crippen molar-refractivity contribution in [3.05, 3.63) is 0 Å². The third-order valence-electron chi connectivity index (χ3n) is 4.06. The Balaban J connectivity index is 1.99. The Hall–Kier alpha value is -1.10. The van der Waals surface area contributed by atoms with E-state index in [4.69, 9.17) is 5.11 Å². The second-order valence-electron chi connectivity index (χ2n) is 5.53. The van der Waals surface area contributed by atoms with Crippen LogP contribution in [0.1, 0.15) is 32.1 Å². The second kappa shape index (κ2) is 5.69. The van der Waals surface area contributed by atoms with Crippen molar-refractivity contribution in [3.8, 4) is 0 Å². The average molecular weight is 254 g/mol. The standard InChI is InChI=1S/C13H22N2O3/c1-14-7-5-10(9-14)13(18)15-6-3-2-4-11(15)8-12(16)17/h10-11H,2-9H2,1H3,(H,16,17). The van der Waals surface area contributed by atoms with Gasteiger partial charge in [0, 0.05) is 19.1 Å². The highest BCUT2D eigenvalue weighted by Crippen LogP contribution is 2.25. The van der Waals surface area contributed by atoms with Crippen molar-refractivity contribution < 1.29 is 14.7 Å². The van der Waals surface area contributed by atoms with Crippen LogP contribution in [0.25, 0.3) is 0 Å². The molecule has 2 heterocycles. The number of carbonyl (C=O) groups excluding carboxylic acids is 1. The molecule has 102 valence electrons. The monoisotopic (exact) mass is 254 g/mol. The summed E-state index contributed by atoms with van der Waals surface area (Å²) in [7, 11) is 2.03. The average Bonchev–Trinajstić information content (AvgIpc) is 2.75. The highest BCUT2D eigenvalue weighted by atomic mass is 16.4. The lowest BCUT2D eigenvalue weighted by atomic mass is 9.96. The van der Waals surface area contributed by atoms with E-state index in [9.17, 15) is 9.59 Å². The van der Waals surface area contributed by atoms with Crippen molar-refractivity contribution >= 4 is 11.9 Å². The van der Waals surface area contributed by atoms with Crippen LogP contribution in [0.2, 0.25) is 0 Å². The van der Waals surface area contributed by atoms with E-state index in [2.05, 4.69) is 4.90 Å². The van der Waals surface area contributed by atoms with Crippen molar-refractivity contribution in [2.45, 2.75) is 38.1 Å². The summed E-state index contributed by atoms with van der Waals surface area (Å²) in [5.41, 5.74) is 0. The Labute approximate surface area is 108 Å². The van der Waals surface area contributed by atoms with E-state index in [-0.39, 0.29) is 24.3 Å². The molecular formula is C13H22N2O3. The van der Waals surface area contributed by atoms with E-state index in [0.29, 0.717) is 0 Å². The van der Waals surface area contributed by atoms with Gasteiger partial charge in [-0.05, 0) is 39.3 Å². The molecule has 2 fully saturated rings. The molecule has 2 saturated heterocycles. The molecule has 1 N–H and O–H groups in total. The highest BCUT2D eigenvalue weighted by Gasteiger charge is 2.35. The molecule has 0 bridgehead atoms. The van der Waals surface area contributed by atoms with Crippen molar-refractivity contribution in [3.63, 3.8) is 0 Å². The first-order valence-corrected chi connectivity index (χ1v) is 6.78. The van der Waals surface area contributed by atoms with Gasteiger partial charge in [0.05, 0.1) is 12.3 Å². The lowest BCUT2D eigenvalue weighted by Crippen LogP contribution is -2.47. The minimum Gasteiger partial charge on any atom is -0.481 e. The van der Waals surface area contributed by atoms with Crippen molar-refractivity contribution in [2.75, 3.05) is 26.7 Å². The van der Waals surface area contributed by atoms with Gasteiger partial charge in [0.15, 0.2) is 0 Å². The van der Waals surface area contributed by atoms with Gasteiger partial charge in [-0.2, -0.15) is 0 Å². The molecule has 2 atom stereocenters. The zero-order valence-electron chi connectivity index (χ0n) is 11.0. The number of carboxylic acid groups (broad SMARTS) is 1. The van der Waals surface area contributed by atoms with Gasteiger partial charge in [-0.25, -0.2) is 0 Å². The molecule has 2 rings (SSSR count). The van der Waals surface area contributed by atoms with E-state index >= 15 is 0 Å². The minimum absolute atomic E-state index is 0.0735. The number of piperidine rings is 1. The molecule has 0 aliphatic carbocycles. The molecule has 0 spiro atoms. The van der Waals surface area contributed by atoms with E-state index in [0.717, 1.165) is 45.3 Å². The SMILES string of the molecule is CN1CCC(C(=O)N2CCCCC2CC(=O)O)C1. The van der Waals surface area contributed by atoms with Crippen LogP contribution >= 0.6 is 0 Å². The molecule has 5 heteroatoms. The van der Waals surface area contributed by atoms with E-state index in [1.807, 2.05) is 11.9 Å². The van der Waals surface area contributed by atoms with E-state index in [1.165, 1.54) is 0 Å². The number of nitrogens with zero attached hydrogens (tertiary/aromatic N) is 2. The molecule has 0 aromatic heterocycles. The maximum atomic E-state index is 12.4. The number of hydrogen-bond donors (Lipinski definition) is 1. The van der Waals surface area contributed by atoms with Gasteiger partial charge in [0.25, 0.3) is 0 Å². The number of hydrogen-bond acceptors (Lipinski definition) is 3. The summed E-state index contributed by atoms with van der Waals surface area (Å²) in [6, 6.07) is -0.0883. The maximum absolute atomic E-state index is 12.4. The number of aliphatic carboxylic acids is 1. The number of rotatable bonds is 3. The predicted octanol–water partition coefficient (Wildman–Crippen LogP) is 0.794. The third kappa shape index (κ3) is 3.02. The van der Waals surface area contributed by atoms with Gasteiger partial charge in [-0.15, -0.1) is 0 Å². The smallest absolute Gasteiger partial charge is 0.305 e. The van der Waals surface area contributed by atoms with Crippen LogP contribution in [-0.2, 0) is 9.59 Å². The van der Waals surface area contributed by atoms with E-state index < -0.39 is 5.97 Å². The van der Waals surface area contributed by atoms with Gasteiger partial charge in [-0.1, -0.05) is 0 Å². The Bertz CT molecular complexity index is 332. The zero-order valence-corrected chi connectivity index (χ0v) is 11.0. The molecule has 0 aromatic carbocycles. The van der Waals surface area contributed by atoms with Crippen LogP contribution in [-0.4, -0.2) is 59.5 Å². The normalized spacial score (nSPS) is 29.5. The van der Waals surface area contributed by atoms with Crippen LogP contribution in [0, 0.1) is 5.92 Å². The Morgan fingerprint density at radius 1 is 1.22 bits per heavy atom. The van der Waals surface area contributed by atoms with Crippen molar-refractivity contribution in [2.24, 2.45) is 5.92 Å². The molecule has 5 nitrogen and oxygen atoms in total. The molecule has 0 radical (unpaired) electrons. The van der Waals surface area contributed by atoms with Crippen LogP contribution in [0.4, 0.5) is 0 Å². The van der Waals surface area contributed by atoms with Crippen LogP contribution in [0.15, 0.2) is 0 Å². The first-order chi connectivity index (χ1) is 8.58. The Morgan fingerprint density at radius 3 is 2.61 bits per heavy atom. The van der Waals surface area contributed by atoms with Crippen LogP contribution in [0.5, 0.6) is 0 Å². The van der Waals surface area contributed by atoms with Crippen LogP contribution in [0.3, 0.4) is 0 Å². The van der Waals surface area contributed by atoms with Gasteiger partial charge < -0.3 is 14.9 Å². The zero-order chi connectivity index (χ0) is 13.1. The Kier molecular flexibility index (Phi) is 4.22. The summed E-state index contributed by atoms with van der Waals surface area (Å²) in [5, 5.41) is 8.93. The first-order valence-electron chi connectivity index (χ1n) is 6.78. The fourth-order valence-corrected chi connectivity index (χ4v) is 3.08. The highest BCUT2D eigenvalue weighted by molar-refractivity contribution is 5.80. The summed E-state index contributed by atoms with van der Waals surface area (Å²) < 4.78 is 0. The number of carboxylic acids is 1. The van der Waals surface area contributed by atoms with Crippen molar-refractivity contribution in [1.82, 2.24) is 9.80 Å². The summed E-state index contributed by atoms with van der Waals surface area (Å²) in [6.07, 6.45) is 3.87. The topological polar surface area (TPSA) is 60.9 Å². The summed E-state index contributed by atoms with van der Waals surface area (Å²) in [6.45, 7) is 2.51. The third-order valence-corrected chi connectivity index (χ3v) is 4.06. The van der Waals surface area contributed by atoms with Crippen LogP contribution < -0.4 is 0 Å². The molecule has 0 saturated carbocycles. The number of carbonyl (C=O) groups is 2. The summed E-state index contributed by atoms with van der Waals surface area (Å²) in [5.74, 6) is -0.557. The Morgan fingerprint density at radius 2 is 2.00 bits per heavy atom. The second-order valence-corrected chi connectivity index (χ2v) is 5.53. The lowest BCUT2D eigenvalue weighted by molar-refractivity contribution is -0.143. The summed E-state index contributed by atoms with van der Waals surface area (Å²) in [4.78, 5) is 27.3. The molecule has 2 unspecified atom stereocenters. The lowest BCUT2D eigenvalue weighted by Gasteiger charge is -2.36. The van der Waals surface area contributed by atoms with Gasteiger partial charge in [0.2, 0.25) is 5.91 Å². The largest absolute Gasteiger partial charge is 0.481 e. The quantitative estimate of drug-likeness (QED) is 0.809. The molecule has 1 amide bonds. The molecule has 18 heavy (non-hydrogen) atoms. The molecule has 2 aliphatic rings. The van der Waals surface area contributed by atoms with E-state index in [1.54, 1.807) is 0 Å². The molecular weight excluding hydrogens is 232 g/mol. The summed E-state index contributed by atoms with van der Waals surface area (Å²) >= 11 is 0. The first kappa shape index (κ1) is 13.3. The maximum Gasteiger partial charge on any atom is 0.305 e. The predicted molar refractivity (Wildman–Crippen MR) is 67.2 cm³/mol. The molecule has 2 aliphatic heterocycles. The van der Waals surface area contributed by atoms with Gasteiger partial charge >= 0.3 is 5.97 Å². The molecule has 0 aromatic rings. The fourth-order valence-electron chi connectivity index (χ4n) is 3.08. The number of likely N-dealkylation sites (tertiary alicyclic amines) is 2. The minimum atomic E-state index is -0.803. The van der Waals surface area contributed by atoms with Gasteiger partial charge in [-0.3, -0.25) is 9.59 Å². The van der Waals surface area contributed by atoms with Crippen molar-refractivity contribution in [1.29, 1.82) is 0 Å². The fraction of sp³-hybridized carbons (Fsp3) is 0.846.